The van der Waals surface area contributed by atoms with Gasteiger partial charge in [-0.05, 0) is 37.6 Å². The first kappa shape index (κ1) is 15.5. The lowest BCUT2D eigenvalue weighted by Gasteiger charge is -2.08. The zero-order valence-corrected chi connectivity index (χ0v) is 11.5. The molecule has 0 atom stereocenters. The number of phenolic OH excluding ortho intramolecular Hbond substituents is 1. The Morgan fingerprint density at radius 1 is 1.37 bits per heavy atom. The van der Waals surface area contributed by atoms with Crippen LogP contribution in [0, 0.1) is 0 Å². The molecule has 1 aromatic rings. The number of benzene rings is 1. The fourth-order valence-corrected chi connectivity index (χ4v) is 2.14. The minimum Gasteiger partial charge on any atom is -0.506 e. The Kier molecular flexibility index (Phi) is 5.31. The molecule has 1 amide bonds. The van der Waals surface area contributed by atoms with Gasteiger partial charge in [0.15, 0.2) is 9.84 Å². The van der Waals surface area contributed by atoms with E-state index < -0.39 is 9.84 Å². The topological polar surface area (TPSA) is 109 Å². The van der Waals surface area contributed by atoms with Gasteiger partial charge in [0, 0.05) is 12.7 Å². The van der Waals surface area contributed by atoms with Gasteiger partial charge in [-0.3, -0.25) is 4.79 Å². The molecule has 0 aliphatic rings. The fourth-order valence-electron chi connectivity index (χ4n) is 1.49. The van der Waals surface area contributed by atoms with Crippen LogP contribution in [0.2, 0.25) is 0 Å². The molecular weight excluding hydrogens is 268 g/mol. The molecule has 106 valence electrons. The maximum Gasteiger partial charge on any atom is 0.224 e. The van der Waals surface area contributed by atoms with Crippen LogP contribution in [-0.2, 0) is 14.6 Å². The van der Waals surface area contributed by atoms with E-state index in [2.05, 4.69) is 5.32 Å². The zero-order chi connectivity index (χ0) is 14.5. The van der Waals surface area contributed by atoms with E-state index >= 15 is 0 Å². The number of carbonyl (C=O) groups excluding carboxylic acids is 1. The van der Waals surface area contributed by atoms with Crippen molar-refractivity contribution >= 4 is 21.4 Å². The molecule has 0 saturated heterocycles. The Bertz CT molecular complexity index is 555. The number of phenols is 1. The molecule has 0 aromatic heterocycles. The minimum absolute atomic E-state index is 0.0440. The number of hydrogen-bond acceptors (Lipinski definition) is 5. The summed E-state index contributed by atoms with van der Waals surface area (Å²) in [6, 6.07) is 3.77. The van der Waals surface area contributed by atoms with Crippen molar-refractivity contribution in [1.82, 2.24) is 0 Å². The Morgan fingerprint density at radius 2 is 2.05 bits per heavy atom. The molecule has 6 nitrogen and oxygen atoms in total. The third kappa shape index (κ3) is 4.88. The normalized spacial score (nSPS) is 11.3. The molecule has 4 N–H and O–H groups in total. The van der Waals surface area contributed by atoms with E-state index in [1.807, 2.05) is 0 Å². The second-order valence-corrected chi connectivity index (χ2v) is 6.26. The van der Waals surface area contributed by atoms with E-state index in [9.17, 15) is 18.3 Å². The van der Waals surface area contributed by atoms with Crippen molar-refractivity contribution in [1.29, 1.82) is 0 Å². The van der Waals surface area contributed by atoms with Crippen molar-refractivity contribution in [2.45, 2.75) is 24.2 Å². The summed E-state index contributed by atoms with van der Waals surface area (Å²) in [5.74, 6) is -0.450. The quantitative estimate of drug-likeness (QED) is 0.531. The van der Waals surface area contributed by atoms with Crippen molar-refractivity contribution in [2.75, 3.05) is 18.1 Å². The van der Waals surface area contributed by atoms with E-state index in [1.54, 1.807) is 0 Å². The highest BCUT2D eigenvalue weighted by atomic mass is 32.2. The molecule has 0 saturated carbocycles. The van der Waals surface area contributed by atoms with Gasteiger partial charge in [0.05, 0.1) is 10.6 Å². The Hall–Kier alpha value is -1.60. The highest BCUT2D eigenvalue weighted by Crippen LogP contribution is 2.26. The van der Waals surface area contributed by atoms with Crippen molar-refractivity contribution in [3.8, 4) is 5.75 Å². The van der Waals surface area contributed by atoms with Crippen LogP contribution in [0.3, 0.4) is 0 Å². The third-order valence-corrected chi connectivity index (χ3v) is 3.64. The van der Waals surface area contributed by atoms with E-state index in [0.29, 0.717) is 13.0 Å². The average Bonchev–Trinajstić information content (AvgIpc) is 2.31. The predicted octanol–water partition coefficient (Wildman–Crippen LogP) is 0.863. The lowest BCUT2D eigenvalue weighted by Crippen LogP contribution is -2.12. The zero-order valence-electron chi connectivity index (χ0n) is 10.7. The van der Waals surface area contributed by atoms with Gasteiger partial charge >= 0.3 is 0 Å². The summed E-state index contributed by atoms with van der Waals surface area (Å²) >= 11 is 0. The minimum atomic E-state index is -3.38. The number of unbranched alkanes of at least 4 members (excludes halogenated alkanes) is 1. The average molecular weight is 286 g/mol. The van der Waals surface area contributed by atoms with Gasteiger partial charge in [-0.25, -0.2) is 8.42 Å². The number of nitrogens with one attached hydrogen (secondary N) is 1. The molecule has 0 fully saturated rings. The molecule has 0 aliphatic heterocycles. The summed E-state index contributed by atoms with van der Waals surface area (Å²) in [6.07, 6.45) is 2.73. The summed E-state index contributed by atoms with van der Waals surface area (Å²) in [5, 5.41) is 12.1. The highest BCUT2D eigenvalue weighted by Gasteiger charge is 2.12. The number of carbonyl (C=O) groups is 1. The summed E-state index contributed by atoms with van der Waals surface area (Å²) in [7, 11) is -3.38. The van der Waals surface area contributed by atoms with E-state index in [-0.39, 0.29) is 28.7 Å². The molecule has 0 radical (unpaired) electrons. The lowest BCUT2D eigenvalue weighted by atomic mass is 10.2. The number of rotatable bonds is 6. The van der Waals surface area contributed by atoms with Gasteiger partial charge in [-0.1, -0.05) is 0 Å². The summed E-state index contributed by atoms with van der Waals surface area (Å²) in [5.41, 5.74) is 5.42. The molecule has 19 heavy (non-hydrogen) atoms. The summed E-state index contributed by atoms with van der Waals surface area (Å²) < 4.78 is 22.8. The van der Waals surface area contributed by atoms with Crippen LogP contribution >= 0.6 is 0 Å². The third-order valence-electron chi connectivity index (χ3n) is 2.53. The second-order valence-electron chi connectivity index (χ2n) is 4.25. The van der Waals surface area contributed by atoms with Gasteiger partial charge < -0.3 is 16.2 Å². The number of amides is 1. The van der Waals surface area contributed by atoms with Crippen LogP contribution in [0.15, 0.2) is 23.1 Å². The first-order valence-electron chi connectivity index (χ1n) is 5.87. The van der Waals surface area contributed by atoms with Gasteiger partial charge in [-0.2, -0.15) is 0 Å². The molecule has 0 aliphatic carbocycles. The molecule has 1 aromatic carbocycles. The number of aromatic hydroxyl groups is 1. The largest absolute Gasteiger partial charge is 0.506 e. The van der Waals surface area contributed by atoms with Crippen molar-refractivity contribution in [3.63, 3.8) is 0 Å². The monoisotopic (exact) mass is 286 g/mol. The van der Waals surface area contributed by atoms with Crippen LogP contribution in [0.5, 0.6) is 5.75 Å². The molecule has 0 heterocycles. The summed E-state index contributed by atoms with van der Waals surface area (Å²) in [6.45, 7) is 0.516. The lowest BCUT2D eigenvalue weighted by molar-refractivity contribution is -0.116. The maximum absolute atomic E-state index is 11.6. The van der Waals surface area contributed by atoms with Crippen molar-refractivity contribution < 1.29 is 18.3 Å². The maximum atomic E-state index is 11.6. The summed E-state index contributed by atoms with van der Waals surface area (Å²) in [4.78, 5) is 11.6. The predicted molar refractivity (Wildman–Crippen MR) is 72.8 cm³/mol. The van der Waals surface area contributed by atoms with E-state index in [0.717, 1.165) is 12.7 Å². The molecule has 1 rings (SSSR count). The SMILES string of the molecule is CS(=O)(=O)c1ccc(O)c(NC(=O)CCCCN)c1. The smallest absolute Gasteiger partial charge is 0.224 e. The molecule has 0 spiro atoms. The molecular formula is C12H18N2O4S. The van der Waals surface area contributed by atoms with Crippen LogP contribution in [-0.4, -0.2) is 32.2 Å². The molecule has 7 heteroatoms. The Labute approximate surface area is 112 Å². The first-order valence-corrected chi connectivity index (χ1v) is 7.76. The highest BCUT2D eigenvalue weighted by molar-refractivity contribution is 7.90. The number of sulfone groups is 1. The van der Waals surface area contributed by atoms with Crippen molar-refractivity contribution in [3.05, 3.63) is 18.2 Å². The van der Waals surface area contributed by atoms with E-state index in [4.69, 9.17) is 5.73 Å². The van der Waals surface area contributed by atoms with Crippen LogP contribution in [0.25, 0.3) is 0 Å². The number of hydrogen-bond donors (Lipinski definition) is 3. The van der Waals surface area contributed by atoms with Gasteiger partial charge in [0.2, 0.25) is 5.91 Å². The van der Waals surface area contributed by atoms with Crippen LogP contribution in [0.1, 0.15) is 19.3 Å². The Balaban J connectivity index is 2.80. The standard InChI is InChI=1S/C12H18N2O4S/c1-19(17,18)9-5-6-11(15)10(8-9)14-12(16)4-2-3-7-13/h5-6,8,15H,2-4,7,13H2,1H3,(H,14,16). The van der Waals surface area contributed by atoms with Crippen LogP contribution in [0.4, 0.5) is 5.69 Å². The molecule has 0 unspecified atom stereocenters. The Morgan fingerprint density at radius 3 is 2.63 bits per heavy atom. The second kappa shape index (κ2) is 6.53. The van der Waals surface area contributed by atoms with Gasteiger partial charge in [0.25, 0.3) is 0 Å². The number of anilines is 1. The first-order chi connectivity index (χ1) is 8.84. The van der Waals surface area contributed by atoms with Gasteiger partial charge in [-0.15, -0.1) is 0 Å². The number of nitrogens with two attached hydrogens (primary N) is 1. The molecule has 0 bridgehead atoms. The van der Waals surface area contributed by atoms with Gasteiger partial charge in [0.1, 0.15) is 5.75 Å². The van der Waals surface area contributed by atoms with E-state index in [1.165, 1.54) is 18.2 Å². The van der Waals surface area contributed by atoms with Crippen molar-refractivity contribution in [2.24, 2.45) is 5.73 Å². The van der Waals surface area contributed by atoms with Crippen LogP contribution < -0.4 is 11.1 Å². The fraction of sp³-hybridized carbons (Fsp3) is 0.417.